The topological polar surface area (TPSA) is 109 Å². The van der Waals surface area contributed by atoms with E-state index in [4.69, 9.17) is 18.9 Å². The second-order valence-electron chi connectivity index (χ2n) is 6.77. The van der Waals surface area contributed by atoms with Crippen LogP contribution in [0, 0.1) is 5.82 Å². The smallest absolute Gasteiger partial charge is 0.332 e. The van der Waals surface area contributed by atoms with Crippen molar-refractivity contribution >= 4 is 21.9 Å². The molecule has 1 N–H and O–H groups in total. The molecule has 11 heteroatoms. The lowest BCUT2D eigenvalue weighted by Gasteiger charge is -2.19. The Morgan fingerprint density at radius 2 is 2.13 bits per heavy atom. The first-order valence-electron chi connectivity index (χ1n) is 9.63. The van der Waals surface area contributed by atoms with Gasteiger partial charge in [-0.1, -0.05) is 34.1 Å². The van der Waals surface area contributed by atoms with Gasteiger partial charge in [0.15, 0.2) is 0 Å². The molecule has 1 aliphatic rings. The van der Waals surface area contributed by atoms with E-state index in [1.54, 1.807) is 6.92 Å². The molecule has 3 atom stereocenters. The first-order chi connectivity index (χ1) is 14.9. The van der Waals surface area contributed by atoms with E-state index in [0.29, 0.717) is 6.61 Å². The lowest BCUT2D eigenvalue weighted by Crippen LogP contribution is -2.34. The monoisotopic (exact) mass is 500 g/mol. The number of carbonyl (C=O) groups excluding carboxylic acids is 1. The number of aromatic nitrogens is 2. The zero-order chi connectivity index (χ0) is 22.4. The van der Waals surface area contributed by atoms with E-state index in [9.17, 15) is 18.8 Å². The fraction of sp³-hybridized carbons (Fsp3) is 0.450. The molecule has 1 saturated heterocycles. The summed E-state index contributed by atoms with van der Waals surface area (Å²) in [7, 11) is 0. The number of halogens is 2. The number of hydrogen-bond acceptors (Lipinski definition) is 7. The van der Waals surface area contributed by atoms with Crippen LogP contribution in [0.4, 0.5) is 4.39 Å². The Hall–Kier alpha value is -2.34. The highest BCUT2D eigenvalue weighted by atomic mass is 79.9. The average molecular weight is 501 g/mol. The molecule has 9 nitrogen and oxygen atoms in total. The number of nitrogens with one attached hydrogen (secondary N) is 1. The van der Waals surface area contributed by atoms with Crippen molar-refractivity contribution in [1.29, 1.82) is 0 Å². The Bertz CT molecular complexity index is 1030. The van der Waals surface area contributed by atoms with Gasteiger partial charge in [-0.25, -0.2) is 9.59 Å². The van der Waals surface area contributed by atoms with E-state index in [1.165, 1.54) is 0 Å². The molecule has 0 radical (unpaired) electrons. The summed E-state index contributed by atoms with van der Waals surface area (Å²) < 4.78 is 37.6. The second-order valence-corrected chi connectivity index (χ2v) is 7.62. The fourth-order valence-electron chi connectivity index (χ4n) is 3.09. The third kappa shape index (κ3) is 6.10. The summed E-state index contributed by atoms with van der Waals surface area (Å²) in [5, 5.41) is 0. The van der Waals surface area contributed by atoms with Crippen molar-refractivity contribution in [2.45, 2.75) is 38.4 Å². The predicted octanol–water partition coefficient (Wildman–Crippen LogP) is 1.89. The molecular weight excluding hydrogens is 479 g/mol. The van der Waals surface area contributed by atoms with Gasteiger partial charge in [-0.3, -0.25) is 14.3 Å². The number of carbonyl (C=O) groups is 1. The van der Waals surface area contributed by atoms with Crippen LogP contribution in [-0.2, 0) is 30.3 Å². The number of nitrogens with zero attached hydrogens (tertiary/aromatic N) is 1. The van der Waals surface area contributed by atoms with Gasteiger partial charge in [0.25, 0.3) is 5.56 Å². The van der Waals surface area contributed by atoms with Crippen LogP contribution in [0.2, 0.25) is 0 Å². The molecule has 2 aromatic rings. The van der Waals surface area contributed by atoms with Gasteiger partial charge in [0, 0.05) is 17.5 Å². The van der Waals surface area contributed by atoms with Crippen molar-refractivity contribution in [3.63, 3.8) is 0 Å². The molecule has 0 bridgehead atoms. The Labute approximate surface area is 185 Å². The summed E-state index contributed by atoms with van der Waals surface area (Å²) in [6.07, 6.45) is -1.19. The molecule has 31 heavy (non-hydrogen) atoms. The minimum atomic E-state index is -1.11. The Kier molecular flexibility index (Phi) is 8.13. The number of hydrogen-bond donors (Lipinski definition) is 1. The number of H-pyrrole nitrogens is 1. The van der Waals surface area contributed by atoms with Gasteiger partial charge < -0.3 is 18.9 Å². The minimum absolute atomic E-state index is 0.135. The van der Waals surface area contributed by atoms with Gasteiger partial charge >= 0.3 is 11.7 Å². The maximum Gasteiger partial charge on any atom is 0.332 e. The maximum absolute atomic E-state index is 13.7. The maximum atomic E-state index is 13.7. The lowest BCUT2D eigenvalue weighted by atomic mass is 10.1. The molecule has 1 aromatic carbocycles. The highest BCUT2D eigenvalue weighted by Gasteiger charge is 2.38. The van der Waals surface area contributed by atoms with Gasteiger partial charge in [-0.05, 0) is 18.6 Å². The van der Waals surface area contributed by atoms with Crippen molar-refractivity contribution < 1.29 is 28.1 Å². The summed E-state index contributed by atoms with van der Waals surface area (Å²) in [5.41, 5.74) is -1.03. The molecule has 3 rings (SSSR count). The molecule has 0 spiro atoms. The number of benzene rings is 1. The summed E-state index contributed by atoms with van der Waals surface area (Å²) >= 11 is 3.45. The molecule has 1 fully saturated rings. The number of aromatic amines is 1. The van der Waals surface area contributed by atoms with Crippen molar-refractivity contribution in [2.24, 2.45) is 0 Å². The zero-order valence-corrected chi connectivity index (χ0v) is 18.3. The van der Waals surface area contributed by atoms with Crippen LogP contribution in [0.1, 0.15) is 25.1 Å². The highest BCUT2D eigenvalue weighted by molar-refractivity contribution is 9.10. The quantitative estimate of drug-likeness (QED) is 0.523. The summed E-state index contributed by atoms with van der Waals surface area (Å²) in [6, 6.07) is 7.51. The van der Waals surface area contributed by atoms with Crippen molar-refractivity contribution in [3.8, 4) is 0 Å². The summed E-state index contributed by atoms with van der Waals surface area (Å²) in [5.74, 6) is -1.67. The molecule has 0 aliphatic carbocycles. The largest absolute Gasteiger partial charge is 0.461 e. The van der Waals surface area contributed by atoms with Crippen molar-refractivity contribution in [2.75, 3.05) is 19.8 Å². The van der Waals surface area contributed by atoms with Crippen molar-refractivity contribution in [1.82, 2.24) is 9.55 Å². The van der Waals surface area contributed by atoms with Crippen molar-refractivity contribution in [3.05, 3.63) is 67.2 Å². The predicted molar refractivity (Wildman–Crippen MR) is 110 cm³/mol. The Balaban J connectivity index is 1.73. The summed E-state index contributed by atoms with van der Waals surface area (Å²) in [4.78, 5) is 37.1. The van der Waals surface area contributed by atoms with Crippen LogP contribution in [0.3, 0.4) is 0 Å². The molecular formula is C20H22BrFN2O7. The lowest BCUT2D eigenvalue weighted by molar-refractivity contribution is -0.156. The molecule has 1 aromatic heterocycles. The molecule has 168 valence electrons. The fourth-order valence-corrected chi connectivity index (χ4v) is 3.48. The van der Waals surface area contributed by atoms with Crippen LogP contribution >= 0.6 is 15.9 Å². The third-order valence-corrected chi connectivity index (χ3v) is 5.43. The van der Waals surface area contributed by atoms with E-state index in [2.05, 4.69) is 15.9 Å². The molecule has 0 saturated carbocycles. The normalized spacial score (nSPS) is 20.7. The number of esters is 1. The van der Waals surface area contributed by atoms with Gasteiger partial charge in [-0.2, -0.15) is 4.39 Å². The standard InChI is InChI=1S/C20H22BrFN2O7/c1-2-28-11-18(25)30-10-16-15(29-9-12-5-3-4-6-13(12)21)7-17(31-16)24-8-14(22)19(26)23-20(24)27/h3-6,8,15-17H,2,7,9-11H2,1H3,(H,23,26,27)/t15?,16-,17-/m0/s1. The zero-order valence-electron chi connectivity index (χ0n) is 16.7. The first-order valence-corrected chi connectivity index (χ1v) is 10.4. The average Bonchev–Trinajstić information content (AvgIpc) is 3.15. The van der Waals surface area contributed by atoms with Crippen LogP contribution in [0.5, 0.6) is 0 Å². The van der Waals surface area contributed by atoms with Crippen LogP contribution in [0.25, 0.3) is 0 Å². The van der Waals surface area contributed by atoms with Gasteiger partial charge in [-0.15, -0.1) is 0 Å². The number of ether oxygens (including phenoxy) is 4. The van der Waals surface area contributed by atoms with Crippen LogP contribution in [0.15, 0.2) is 44.5 Å². The third-order valence-electron chi connectivity index (χ3n) is 4.66. The van der Waals surface area contributed by atoms with E-state index in [1.807, 2.05) is 29.2 Å². The van der Waals surface area contributed by atoms with Gasteiger partial charge in [0.05, 0.1) is 18.9 Å². The van der Waals surface area contributed by atoms with E-state index in [0.717, 1.165) is 20.8 Å². The molecule has 1 aliphatic heterocycles. The Morgan fingerprint density at radius 3 is 2.87 bits per heavy atom. The summed E-state index contributed by atoms with van der Waals surface area (Å²) in [6.45, 7) is 2.03. The van der Waals surface area contributed by atoms with Gasteiger partial charge in [0.2, 0.25) is 5.82 Å². The van der Waals surface area contributed by atoms with Gasteiger partial charge in [0.1, 0.15) is 25.5 Å². The molecule has 1 unspecified atom stereocenters. The Morgan fingerprint density at radius 1 is 1.35 bits per heavy atom. The number of rotatable bonds is 9. The van der Waals surface area contributed by atoms with E-state index in [-0.39, 0.29) is 26.2 Å². The van der Waals surface area contributed by atoms with E-state index < -0.39 is 41.5 Å². The molecule has 2 heterocycles. The first kappa shape index (κ1) is 23.3. The second kappa shape index (κ2) is 10.8. The highest BCUT2D eigenvalue weighted by Crippen LogP contribution is 2.31. The van der Waals surface area contributed by atoms with Crippen LogP contribution < -0.4 is 11.2 Å². The van der Waals surface area contributed by atoms with Crippen LogP contribution in [-0.4, -0.2) is 47.5 Å². The minimum Gasteiger partial charge on any atom is -0.461 e. The molecule has 0 amide bonds. The SMILES string of the molecule is CCOCC(=O)OC[C@@H]1O[C@H](n2cc(F)c(=O)[nH]c2=O)CC1OCc1ccccc1Br. The van der Waals surface area contributed by atoms with E-state index >= 15 is 0 Å².